The molecule has 1 amide bonds. The molecule has 1 atom stereocenters. The molecular formula is C28H29F5N4O2. The van der Waals surface area contributed by atoms with Crippen molar-refractivity contribution in [2.24, 2.45) is 0 Å². The third-order valence-corrected chi connectivity index (χ3v) is 6.97. The molecule has 0 saturated carbocycles. The first kappa shape index (κ1) is 28.4. The van der Waals surface area contributed by atoms with Crippen LogP contribution in [0.1, 0.15) is 53.9 Å². The van der Waals surface area contributed by atoms with Crippen LogP contribution < -0.4 is 5.32 Å². The molecule has 1 aliphatic rings. The lowest BCUT2D eigenvalue weighted by Gasteiger charge is -2.34. The number of rotatable bonds is 7. The zero-order valence-electron chi connectivity index (χ0n) is 21.5. The van der Waals surface area contributed by atoms with Gasteiger partial charge >= 0.3 is 6.18 Å². The summed E-state index contributed by atoms with van der Waals surface area (Å²) < 4.78 is 67.2. The summed E-state index contributed by atoms with van der Waals surface area (Å²) in [6.45, 7) is 3.83. The van der Waals surface area contributed by atoms with Crippen LogP contribution in [0.5, 0.6) is 0 Å². The molecule has 1 aliphatic heterocycles. The SMILES string of the molecule is Cc1ncc(C(C)(O)CNc2cccc(C(F)(F)F)c2)c(C2CCN(C(=O)Cc3c(F)cccc3F)CC2)n1. The van der Waals surface area contributed by atoms with Crippen molar-refractivity contribution in [2.75, 3.05) is 25.0 Å². The number of hydrogen-bond donors (Lipinski definition) is 2. The summed E-state index contributed by atoms with van der Waals surface area (Å²) in [6.07, 6.45) is -2.34. The lowest BCUT2D eigenvalue weighted by atomic mass is 9.85. The molecule has 39 heavy (non-hydrogen) atoms. The molecule has 3 aromatic rings. The van der Waals surface area contributed by atoms with E-state index in [1.807, 2.05) is 0 Å². The second kappa shape index (κ2) is 11.3. The summed E-state index contributed by atoms with van der Waals surface area (Å²) in [4.78, 5) is 23.1. The maximum absolute atomic E-state index is 14.0. The summed E-state index contributed by atoms with van der Waals surface area (Å²) in [5, 5.41) is 14.2. The summed E-state index contributed by atoms with van der Waals surface area (Å²) in [5.74, 6) is -1.55. The van der Waals surface area contributed by atoms with Gasteiger partial charge < -0.3 is 15.3 Å². The molecular weight excluding hydrogens is 519 g/mol. The van der Waals surface area contributed by atoms with Gasteiger partial charge in [0, 0.05) is 48.6 Å². The smallest absolute Gasteiger partial charge is 0.383 e. The highest BCUT2D eigenvalue weighted by atomic mass is 19.4. The number of carbonyl (C=O) groups is 1. The minimum absolute atomic E-state index is 0.0980. The largest absolute Gasteiger partial charge is 0.416 e. The van der Waals surface area contributed by atoms with Crippen molar-refractivity contribution in [2.45, 2.75) is 50.8 Å². The van der Waals surface area contributed by atoms with Crippen LogP contribution in [0.25, 0.3) is 0 Å². The van der Waals surface area contributed by atoms with Crippen LogP contribution in [-0.4, -0.2) is 45.5 Å². The van der Waals surface area contributed by atoms with Gasteiger partial charge in [-0.25, -0.2) is 18.7 Å². The molecule has 0 bridgehead atoms. The quantitative estimate of drug-likeness (QED) is 0.390. The van der Waals surface area contributed by atoms with Crippen molar-refractivity contribution in [1.82, 2.24) is 14.9 Å². The zero-order chi connectivity index (χ0) is 28.4. The Bertz CT molecular complexity index is 1320. The maximum Gasteiger partial charge on any atom is 0.416 e. The molecule has 1 unspecified atom stereocenters. The molecule has 1 fully saturated rings. The van der Waals surface area contributed by atoms with Crippen LogP contribution in [0.15, 0.2) is 48.7 Å². The fourth-order valence-corrected chi connectivity index (χ4v) is 4.76. The Morgan fingerprint density at radius 2 is 1.74 bits per heavy atom. The Balaban J connectivity index is 1.45. The van der Waals surface area contributed by atoms with Gasteiger partial charge in [0.25, 0.3) is 0 Å². The highest BCUT2D eigenvalue weighted by Gasteiger charge is 2.34. The van der Waals surface area contributed by atoms with Crippen LogP contribution in [0.2, 0.25) is 0 Å². The van der Waals surface area contributed by atoms with E-state index < -0.39 is 29.0 Å². The topological polar surface area (TPSA) is 78.4 Å². The van der Waals surface area contributed by atoms with Crippen molar-refractivity contribution < 1.29 is 31.9 Å². The van der Waals surface area contributed by atoms with Crippen LogP contribution in [0, 0.1) is 18.6 Å². The van der Waals surface area contributed by atoms with Crippen molar-refractivity contribution in [3.63, 3.8) is 0 Å². The second-order valence-electron chi connectivity index (χ2n) is 9.95. The molecule has 2 N–H and O–H groups in total. The minimum Gasteiger partial charge on any atom is -0.383 e. The van der Waals surface area contributed by atoms with Gasteiger partial charge in [-0.1, -0.05) is 12.1 Å². The number of piperidine rings is 1. The van der Waals surface area contributed by atoms with Crippen LogP contribution in [0.4, 0.5) is 27.6 Å². The highest BCUT2D eigenvalue weighted by Crippen LogP contribution is 2.35. The minimum atomic E-state index is -4.49. The van der Waals surface area contributed by atoms with Crippen molar-refractivity contribution in [1.29, 1.82) is 0 Å². The van der Waals surface area contributed by atoms with Gasteiger partial charge in [-0.3, -0.25) is 4.79 Å². The highest BCUT2D eigenvalue weighted by molar-refractivity contribution is 5.79. The number of anilines is 1. The first-order chi connectivity index (χ1) is 18.3. The number of halogens is 5. The molecule has 11 heteroatoms. The van der Waals surface area contributed by atoms with Crippen LogP contribution >= 0.6 is 0 Å². The third-order valence-electron chi connectivity index (χ3n) is 6.97. The van der Waals surface area contributed by atoms with E-state index in [-0.39, 0.29) is 36.0 Å². The Hall–Kier alpha value is -3.60. The summed E-state index contributed by atoms with van der Waals surface area (Å²) >= 11 is 0. The predicted molar refractivity (Wildman–Crippen MR) is 135 cm³/mol. The lowest BCUT2D eigenvalue weighted by Crippen LogP contribution is -2.40. The number of nitrogens with one attached hydrogen (secondary N) is 1. The molecule has 6 nitrogen and oxygen atoms in total. The van der Waals surface area contributed by atoms with Crippen molar-refractivity contribution in [3.05, 3.63) is 88.5 Å². The van der Waals surface area contributed by atoms with Crippen LogP contribution in [-0.2, 0) is 23.0 Å². The number of aryl methyl sites for hydroxylation is 1. The second-order valence-corrected chi connectivity index (χ2v) is 9.95. The molecule has 0 aliphatic carbocycles. The Morgan fingerprint density at radius 1 is 1.10 bits per heavy atom. The monoisotopic (exact) mass is 548 g/mol. The van der Waals surface area contributed by atoms with Gasteiger partial charge in [0.1, 0.15) is 23.1 Å². The Kier molecular flexibility index (Phi) is 8.20. The number of nitrogens with zero attached hydrogens (tertiary/aromatic N) is 3. The average Bonchev–Trinajstić information content (AvgIpc) is 2.89. The number of aliphatic hydroxyl groups is 1. The van der Waals surface area contributed by atoms with Crippen molar-refractivity contribution >= 4 is 11.6 Å². The number of alkyl halides is 3. The van der Waals surface area contributed by atoms with Gasteiger partial charge in [-0.15, -0.1) is 0 Å². The number of carbonyl (C=O) groups excluding carboxylic acids is 1. The van der Waals surface area contributed by atoms with E-state index in [4.69, 9.17) is 0 Å². The van der Waals surface area contributed by atoms with E-state index >= 15 is 0 Å². The van der Waals surface area contributed by atoms with Gasteiger partial charge in [-0.2, -0.15) is 13.2 Å². The number of aromatic nitrogens is 2. The molecule has 4 rings (SSSR count). The average molecular weight is 549 g/mol. The van der Waals surface area contributed by atoms with E-state index in [1.54, 1.807) is 11.8 Å². The van der Waals surface area contributed by atoms with Crippen LogP contribution in [0.3, 0.4) is 0 Å². The van der Waals surface area contributed by atoms with Gasteiger partial charge in [0.15, 0.2) is 0 Å². The standard InChI is InChI=1S/C28H29F5N4O2/c1-17-34-15-22(27(2,39)16-35-20-6-3-5-19(13-20)28(31,32)33)26(36-17)18-9-11-37(12-10-18)25(38)14-21-23(29)7-4-8-24(21)30/h3-8,13,15,18,35,39H,9-12,14,16H2,1-2H3. The van der Waals surface area contributed by atoms with E-state index in [0.29, 0.717) is 43.0 Å². The summed E-state index contributed by atoms with van der Waals surface area (Å²) in [7, 11) is 0. The fourth-order valence-electron chi connectivity index (χ4n) is 4.76. The lowest BCUT2D eigenvalue weighted by molar-refractivity contribution is -0.137. The molecule has 208 valence electrons. The summed E-state index contributed by atoms with van der Waals surface area (Å²) in [5.41, 5.74) is -1.34. The number of amides is 1. The third kappa shape index (κ3) is 6.70. The molecule has 2 heterocycles. The zero-order valence-corrected chi connectivity index (χ0v) is 21.5. The predicted octanol–water partition coefficient (Wildman–Crippen LogP) is 5.35. The Labute approximate surface area is 222 Å². The van der Waals surface area contributed by atoms with E-state index in [0.717, 1.165) is 24.3 Å². The van der Waals surface area contributed by atoms with E-state index in [9.17, 15) is 31.9 Å². The molecule has 2 aromatic carbocycles. The molecule has 1 aromatic heterocycles. The number of hydrogen-bond acceptors (Lipinski definition) is 5. The van der Waals surface area contributed by atoms with Gasteiger partial charge in [-0.05, 0) is 57.0 Å². The Morgan fingerprint density at radius 3 is 2.38 bits per heavy atom. The first-order valence-electron chi connectivity index (χ1n) is 12.5. The molecule has 1 saturated heterocycles. The van der Waals surface area contributed by atoms with E-state index in [1.165, 1.54) is 31.3 Å². The molecule has 0 radical (unpaired) electrons. The number of benzene rings is 2. The van der Waals surface area contributed by atoms with Gasteiger partial charge in [0.2, 0.25) is 5.91 Å². The first-order valence-corrected chi connectivity index (χ1v) is 12.5. The fraction of sp³-hybridized carbons (Fsp3) is 0.393. The van der Waals surface area contributed by atoms with E-state index in [2.05, 4.69) is 15.3 Å². The number of likely N-dealkylation sites (tertiary alicyclic amines) is 1. The maximum atomic E-state index is 14.0. The van der Waals surface area contributed by atoms with Gasteiger partial charge in [0.05, 0.1) is 17.7 Å². The van der Waals surface area contributed by atoms with Crippen molar-refractivity contribution in [3.8, 4) is 0 Å². The normalized spacial score (nSPS) is 16.2. The molecule has 0 spiro atoms. The summed E-state index contributed by atoms with van der Waals surface area (Å²) in [6, 6.07) is 8.19.